The molecule has 15 heavy (non-hydrogen) atoms. The summed E-state index contributed by atoms with van der Waals surface area (Å²) in [5.41, 5.74) is 0. The largest absolute Gasteiger partial charge is 0.266 e. The lowest BCUT2D eigenvalue weighted by atomic mass is 11.8. The van der Waals surface area contributed by atoms with E-state index in [9.17, 15) is 0 Å². The molecule has 0 aromatic heterocycles. The average Bonchev–Trinajstić information content (AvgIpc) is 0.722. The standard InChI is InChI=1S/CCl4.10ClH/c2-1(3,4)5;;;;;;;;;;/h;10*1H. The van der Waals surface area contributed by atoms with E-state index < -0.39 is 3.25 Å². The molecule has 0 spiro atoms. The van der Waals surface area contributed by atoms with Crippen molar-refractivity contribution in [3.8, 4) is 0 Å². The summed E-state index contributed by atoms with van der Waals surface area (Å²) >= 11 is 19.3. The monoisotopic (exact) mass is 512 g/mol. The molecule has 0 heterocycles. The second kappa shape index (κ2) is 51.9. The Hall–Kier alpha value is 4.06. The number of halogens is 14. The summed E-state index contributed by atoms with van der Waals surface area (Å²) in [4.78, 5) is 0. The van der Waals surface area contributed by atoms with Gasteiger partial charge in [-0.15, -0.1) is 124 Å². The van der Waals surface area contributed by atoms with Gasteiger partial charge in [0.1, 0.15) is 0 Å². The fourth-order valence-corrected chi connectivity index (χ4v) is 0. The van der Waals surface area contributed by atoms with Gasteiger partial charge in [-0.05, 0) is 0 Å². The summed E-state index contributed by atoms with van der Waals surface area (Å²) in [6.07, 6.45) is 0. The second-order valence-electron chi connectivity index (χ2n) is 0.429. The SMILES string of the molecule is Cl.Cl.Cl.Cl.Cl.Cl.Cl.Cl.Cl.Cl.ClC(Cl)(Cl)Cl. The van der Waals surface area contributed by atoms with Gasteiger partial charge >= 0.3 is 0 Å². The van der Waals surface area contributed by atoms with Crippen LogP contribution in [0.15, 0.2) is 0 Å². The Morgan fingerprint density at radius 1 is 0.333 bits per heavy atom. The molecule has 0 aliphatic heterocycles. The fraction of sp³-hybridized carbons (Fsp3) is 1.00. The third-order valence-corrected chi connectivity index (χ3v) is 0. The minimum atomic E-state index is -1.61. The van der Waals surface area contributed by atoms with Crippen LogP contribution < -0.4 is 0 Å². The van der Waals surface area contributed by atoms with Gasteiger partial charge in [0.25, 0.3) is 3.25 Å². The van der Waals surface area contributed by atoms with Crippen LogP contribution in [0.5, 0.6) is 0 Å². The molecule has 0 aromatic rings. The number of alkyl halides is 4. The normalized spacial score (nSPS) is 4.00. The van der Waals surface area contributed by atoms with Gasteiger partial charge in [0, 0.05) is 0 Å². The lowest BCUT2D eigenvalue weighted by Gasteiger charge is -1.91. The molecular weight excluding hydrogens is 508 g/mol. The van der Waals surface area contributed by atoms with Crippen molar-refractivity contribution in [3.05, 3.63) is 0 Å². The highest BCUT2D eigenvalue weighted by atomic mass is 35.6. The zero-order valence-electron chi connectivity index (χ0n) is 6.09. The van der Waals surface area contributed by atoms with Crippen LogP contribution in [0.25, 0.3) is 0 Å². The molecule has 14 heteroatoms. The van der Waals surface area contributed by atoms with E-state index in [0.717, 1.165) is 0 Å². The van der Waals surface area contributed by atoms with Crippen LogP contribution in [0.2, 0.25) is 0 Å². The van der Waals surface area contributed by atoms with E-state index in [2.05, 4.69) is 0 Å². The summed E-state index contributed by atoms with van der Waals surface area (Å²) in [5.74, 6) is 0. The van der Waals surface area contributed by atoms with Crippen LogP contribution in [0.4, 0.5) is 0 Å². The summed E-state index contributed by atoms with van der Waals surface area (Å²) < 4.78 is -1.61. The molecule has 0 nitrogen and oxygen atoms in total. The molecule has 0 saturated heterocycles. The maximum atomic E-state index is 4.83. The van der Waals surface area contributed by atoms with Crippen molar-refractivity contribution in [2.45, 2.75) is 3.25 Å². The van der Waals surface area contributed by atoms with Crippen LogP contribution in [0.3, 0.4) is 0 Å². The number of hydrogen-bond acceptors (Lipinski definition) is 0. The molecule has 0 fully saturated rings. The van der Waals surface area contributed by atoms with Crippen molar-refractivity contribution in [3.63, 3.8) is 0 Å². The Morgan fingerprint density at radius 3 is 0.333 bits per heavy atom. The van der Waals surface area contributed by atoms with Gasteiger partial charge in [-0.2, -0.15) is 0 Å². The van der Waals surface area contributed by atoms with Gasteiger partial charge < -0.3 is 0 Å². The van der Waals surface area contributed by atoms with Crippen LogP contribution in [0, 0.1) is 0 Å². The average molecular weight is 518 g/mol. The van der Waals surface area contributed by atoms with Crippen molar-refractivity contribution in [1.82, 2.24) is 0 Å². The van der Waals surface area contributed by atoms with Crippen LogP contribution in [-0.4, -0.2) is 3.25 Å². The lowest BCUT2D eigenvalue weighted by molar-refractivity contribution is 1.76. The third-order valence-electron chi connectivity index (χ3n) is 0. The van der Waals surface area contributed by atoms with Gasteiger partial charge in [0.2, 0.25) is 0 Å². The van der Waals surface area contributed by atoms with Gasteiger partial charge in [0.05, 0.1) is 0 Å². The van der Waals surface area contributed by atoms with Crippen LogP contribution in [-0.2, 0) is 0 Å². The minimum absolute atomic E-state index is 0. The summed E-state index contributed by atoms with van der Waals surface area (Å²) in [5, 5.41) is 0. The summed E-state index contributed by atoms with van der Waals surface area (Å²) in [6, 6.07) is 0. The number of hydrogen-bond donors (Lipinski definition) is 0. The molecule has 0 aromatic carbocycles. The highest BCUT2D eigenvalue weighted by Crippen LogP contribution is 2.29. The first-order chi connectivity index (χ1) is 2.00. The Bertz CT molecular complexity index is 20.8. The smallest absolute Gasteiger partial charge is 0.147 e. The van der Waals surface area contributed by atoms with E-state index in [1.54, 1.807) is 0 Å². The first kappa shape index (κ1) is 95.7. The molecule has 0 aliphatic rings. The Balaban J connectivity index is -0.00000000178. The molecule has 0 amide bonds. The Morgan fingerprint density at radius 2 is 0.333 bits per heavy atom. The molecular formula is CH10Cl14. The number of rotatable bonds is 0. The van der Waals surface area contributed by atoms with Crippen molar-refractivity contribution in [1.29, 1.82) is 0 Å². The molecule has 0 atom stereocenters. The second-order valence-corrected chi connectivity index (χ2v) is 3.86. The van der Waals surface area contributed by atoms with E-state index in [0.29, 0.717) is 0 Å². The highest BCUT2D eigenvalue weighted by molar-refractivity contribution is 6.83. The van der Waals surface area contributed by atoms with Crippen molar-refractivity contribution in [2.24, 2.45) is 0 Å². The Labute approximate surface area is 171 Å². The van der Waals surface area contributed by atoms with E-state index >= 15 is 0 Å². The molecule has 0 aliphatic carbocycles. The van der Waals surface area contributed by atoms with E-state index in [1.807, 2.05) is 0 Å². The summed E-state index contributed by atoms with van der Waals surface area (Å²) in [7, 11) is 0. The zero-order valence-corrected chi connectivity index (χ0v) is 17.3. The first-order valence-corrected chi connectivity index (χ1v) is 2.27. The maximum Gasteiger partial charge on any atom is 0.266 e. The van der Waals surface area contributed by atoms with E-state index in [-0.39, 0.29) is 124 Å². The Kier molecular flexibility index (Phi) is 331. The predicted octanol–water partition coefficient (Wildman–Crippen LogP) is 6.77. The molecule has 0 unspecified atom stereocenters. The molecule has 0 rings (SSSR count). The fourth-order valence-electron chi connectivity index (χ4n) is 0. The van der Waals surface area contributed by atoms with Crippen molar-refractivity contribution in [2.75, 3.05) is 0 Å². The molecule has 0 saturated carbocycles. The topological polar surface area (TPSA) is 0 Å². The van der Waals surface area contributed by atoms with Crippen molar-refractivity contribution >= 4 is 170 Å². The van der Waals surface area contributed by atoms with Gasteiger partial charge in [-0.3, -0.25) is 0 Å². The van der Waals surface area contributed by atoms with E-state index in [4.69, 9.17) is 46.4 Å². The minimum Gasteiger partial charge on any atom is -0.147 e. The quantitative estimate of drug-likeness (QED) is 0.311. The van der Waals surface area contributed by atoms with Crippen LogP contribution in [0.1, 0.15) is 0 Å². The zero-order chi connectivity index (χ0) is 4.50. The lowest BCUT2D eigenvalue weighted by Crippen LogP contribution is -1.81. The van der Waals surface area contributed by atoms with Gasteiger partial charge in [0.15, 0.2) is 0 Å². The first-order valence-electron chi connectivity index (χ1n) is 0.756. The van der Waals surface area contributed by atoms with Crippen LogP contribution >= 0.6 is 170 Å². The van der Waals surface area contributed by atoms with Gasteiger partial charge in [-0.1, -0.05) is 46.4 Å². The molecule has 0 N–H and O–H groups in total. The maximum absolute atomic E-state index is 4.83. The third kappa shape index (κ3) is 283. The van der Waals surface area contributed by atoms with Crippen molar-refractivity contribution < 1.29 is 0 Å². The molecule has 0 radical (unpaired) electrons. The van der Waals surface area contributed by atoms with E-state index in [1.165, 1.54) is 0 Å². The predicted molar refractivity (Wildman–Crippen MR) is 98.6 cm³/mol. The highest BCUT2D eigenvalue weighted by Gasteiger charge is 2.11. The molecule has 112 valence electrons. The summed E-state index contributed by atoms with van der Waals surface area (Å²) in [6.45, 7) is 0. The van der Waals surface area contributed by atoms with Gasteiger partial charge in [-0.25, -0.2) is 0 Å². The molecule has 0 bridgehead atoms.